The zero-order valence-corrected chi connectivity index (χ0v) is 16.0. The van der Waals surface area contributed by atoms with E-state index in [9.17, 15) is 9.59 Å². The monoisotopic (exact) mass is 393 g/mol. The molecule has 0 unspecified atom stereocenters. The number of fused-ring (bicyclic) bond motifs is 1. The molecule has 0 aliphatic rings. The topological polar surface area (TPSA) is 94.7 Å². The van der Waals surface area contributed by atoms with Gasteiger partial charge < -0.3 is 18.5 Å². The van der Waals surface area contributed by atoms with Crippen LogP contribution in [-0.4, -0.2) is 17.3 Å². The molecule has 3 aromatic rings. The van der Waals surface area contributed by atoms with Crippen molar-refractivity contribution >= 4 is 22.9 Å². The van der Waals surface area contributed by atoms with E-state index in [0.717, 1.165) is 5.56 Å². The van der Waals surface area contributed by atoms with Gasteiger partial charge in [0, 0.05) is 28.2 Å². The summed E-state index contributed by atoms with van der Waals surface area (Å²) in [5.41, 5.74) is 1.75. The molecule has 2 aromatic carbocycles. The number of H-pyrrole nitrogens is 1. The Morgan fingerprint density at radius 3 is 2.03 bits per heavy atom. The minimum atomic E-state index is -0.522. The number of ether oxygens (including phenoxy) is 2. The van der Waals surface area contributed by atoms with Crippen molar-refractivity contribution in [3.05, 3.63) is 72.8 Å². The first kappa shape index (κ1) is 19.8. The Balaban J connectivity index is 1.88. The Bertz CT molecular complexity index is 1140. The number of aromatic amines is 1. The third kappa shape index (κ3) is 4.84. The predicted octanol–water partition coefficient (Wildman–Crippen LogP) is 5.11. The SMILES string of the molecule is C=C(C)C(=O)Oc1ccc(-c2cc3ccc(OC(=O)C(=C)C)cc3o[nH]o2)cc1. The van der Waals surface area contributed by atoms with E-state index in [1.807, 2.05) is 0 Å². The van der Waals surface area contributed by atoms with E-state index in [4.69, 9.17) is 18.5 Å². The number of hydrogen-bond donors (Lipinski definition) is 1. The zero-order valence-electron chi connectivity index (χ0n) is 16.0. The molecule has 3 rings (SSSR count). The quantitative estimate of drug-likeness (QED) is 0.368. The summed E-state index contributed by atoms with van der Waals surface area (Å²) in [6.07, 6.45) is 0. The van der Waals surface area contributed by atoms with Crippen LogP contribution in [-0.2, 0) is 9.59 Å². The molecule has 0 amide bonds. The fourth-order valence-corrected chi connectivity index (χ4v) is 2.28. The van der Waals surface area contributed by atoms with Gasteiger partial charge in [0.15, 0.2) is 11.3 Å². The van der Waals surface area contributed by atoms with Crippen molar-refractivity contribution in [2.45, 2.75) is 13.8 Å². The summed E-state index contributed by atoms with van der Waals surface area (Å²) < 4.78 is 21.2. The number of carbonyl (C=O) groups is 2. The standard InChI is InChI=1S/C22H19NO6/c1-13(2)21(24)26-17-8-5-15(6-9-17)19-11-16-7-10-18(27-22(25)14(3)4)12-20(16)29-23-28-19/h5-12,23H,1,3H2,2,4H3. The number of aromatic nitrogens is 1. The van der Waals surface area contributed by atoms with Crippen LogP contribution in [0, 0.1) is 0 Å². The van der Waals surface area contributed by atoms with Gasteiger partial charge in [-0.05, 0) is 56.3 Å². The van der Waals surface area contributed by atoms with Crippen LogP contribution in [0.1, 0.15) is 13.8 Å². The molecule has 1 aromatic heterocycles. The Morgan fingerprint density at radius 1 is 0.828 bits per heavy atom. The van der Waals surface area contributed by atoms with E-state index >= 15 is 0 Å². The van der Waals surface area contributed by atoms with E-state index in [1.165, 1.54) is 0 Å². The van der Waals surface area contributed by atoms with Crippen LogP contribution in [0.4, 0.5) is 0 Å². The number of rotatable bonds is 5. The molecule has 1 N–H and O–H groups in total. The van der Waals surface area contributed by atoms with E-state index < -0.39 is 11.9 Å². The molecule has 29 heavy (non-hydrogen) atoms. The third-order valence-electron chi connectivity index (χ3n) is 3.83. The maximum atomic E-state index is 11.7. The fourth-order valence-electron chi connectivity index (χ4n) is 2.28. The van der Waals surface area contributed by atoms with Crippen molar-refractivity contribution in [3.63, 3.8) is 0 Å². The lowest BCUT2D eigenvalue weighted by Crippen LogP contribution is -2.07. The first-order chi connectivity index (χ1) is 13.8. The molecule has 0 radical (unpaired) electrons. The van der Waals surface area contributed by atoms with Crippen LogP contribution in [0.15, 0.2) is 81.9 Å². The van der Waals surface area contributed by atoms with Crippen LogP contribution < -0.4 is 9.47 Å². The maximum Gasteiger partial charge on any atom is 0.338 e. The molecule has 0 fully saturated rings. The molecule has 1 heterocycles. The Kier molecular flexibility index (Phi) is 5.69. The summed E-state index contributed by atoms with van der Waals surface area (Å²) in [6, 6.07) is 13.5. The number of carbonyl (C=O) groups excluding carboxylic acids is 2. The van der Waals surface area contributed by atoms with Gasteiger partial charge >= 0.3 is 11.9 Å². The normalized spacial score (nSPS) is 10.3. The second kappa shape index (κ2) is 8.35. The lowest BCUT2D eigenvalue weighted by Gasteiger charge is -2.04. The van der Waals surface area contributed by atoms with Gasteiger partial charge in [0.25, 0.3) is 0 Å². The fraction of sp³-hybridized carbons (Fsp3) is 0.0909. The van der Waals surface area contributed by atoms with Crippen molar-refractivity contribution in [2.75, 3.05) is 0 Å². The van der Waals surface area contributed by atoms with Crippen LogP contribution in [0.3, 0.4) is 0 Å². The van der Waals surface area contributed by atoms with Gasteiger partial charge in [0.1, 0.15) is 11.5 Å². The summed E-state index contributed by atoms with van der Waals surface area (Å²) in [6.45, 7) is 10.2. The number of esters is 2. The van der Waals surface area contributed by atoms with E-state index in [-0.39, 0.29) is 0 Å². The summed E-state index contributed by atoms with van der Waals surface area (Å²) in [5.74, 6) is 0.179. The second-order valence-electron chi connectivity index (χ2n) is 6.36. The van der Waals surface area contributed by atoms with E-state index in [0.29, 0.717) is 39.4 Å². The highest BCUT2D eigenvalue weighted by atomic mass is 16.7. The van der Waals surface area contributed by atoms with Crippen molar-refractivity contribution in [3.8, 4) is 22.8 Å². The summed E-state index contributed by atoms with van der Waals surface area (Å²) >= 11 is 0. The highest BCUT2D eigenvalue weighted by Gasteiger charge is 2.09. The third-order valence-corrected chi connectivity index (χ3v) is 3.83. The van der Waals surface area contributed by atoms with Gasteiger partial charge in [0.05, 0.1) is 0 Å². The molecule has 0 saturated carbocycles. The first-order valence-electron chi connectivity index (χ1n) is 8.64. The smallest absolute Gasteiger partial charge is 0.338 e. The van der Waals surface area contributed by atoms with E-state index in [2.05, 4.69) is 18.5 Å². The second-order valence-corrected chi connectivity index (χ2v) is 6.36. The molecular formula is C22H19NO6. The molecule has 0 spiro atoms. The molecule has 0 saturated heterocycles. The Labute approximate surface area is 166 Å². The first-order valence-corrected chi connectivity index (χ1v) is 8.64. The zero-order chi connectivity index (χ0) is 21.0. The van der Waals surface area contributed by atoms with Crippen LogP contribution >= 0.6 is 0 Å². The highest BCUT2D eigenvalue weighted by Crippen LogP contribution is 2.26. The molecule has 0 atom stereocenters. The number of hydrogen-bond acceptors (Lipinski definition) is 6. The number of benzene rings is 2. The largest absolute Gasteiger partial charge is 0.423 e. The maximum absolute atomic E-state index is 11.7. The van der Waals surface area contributed by atoms with Crippen molar-refractivity contribution in [2.24, 2.45) is 0 Å². The number of nitrogens with one attached hydrogen (secondary N) is 1. The minimum absolute atomic E-state index is 0.293. The molecule has 148 valence electrons. The molecule has 7 nitrogen and oxygen atoms in total. The molecule has 0 bridgehead atoms. The molecule has 7 heteroatoms. The van der Waals surface area contributed by atoms with Crippen molar-refractivity contribution in [1.82, 2.24) is 5.33 Å². The minimum Gasteiger partial charge on any atom is -0.423 e. The lowest BCUT2D eigenvalue weighted by atomic mass is 10.1. The molecule has 0 aliphatic heterocycles. The van der Waals surface area contributed by atoms with E-state index in [1.54, 1.807) is 62.4 Å². The van der Waals surface area contributed by atoms with Gasteiger partial charge in [-0.1, -0.05) is 18.5 Å². The van der Waals surface area contributed by atoms with Crippen molar-refractivity contribution in [1.29, 1.82) is 0 Å². The highest BCUT2D eigenvalue weighted by molar-refractivity contribution is 5.90. The summed E-state index contributed by atoms with van der Waals surface area (Å²) in [5, 5.41) is 3.10. The van der Waals surface area contributed by atoms with Gasteiger partial charge in [-0.2, -0.15) is 0 Å². The van der Waals surface area contributed by atoms with Crippen LogP contribution in [0.2, 0.25) is 0 Å². The van der Waals surface area contributed by atoms with Crippen LogP contribution in [0.25, 0.3) is 22.3 Å². The Hall–Kier alpha value is -4.00. The van der Waals surface area contributed by atoms with Crippen LogP contribution in [0.5, 0.6) is 11.5 Å². The summed E-state index contributed by atoms with van der Waals surface area (Å²) in [7, 11) is 0. The molecule has 0 aliphatic carbocycles. The average molecular weight is 393 g/mol. The lowest BCUT2D eigenvalue weighted by molar-refractivity contribution is -0.130. The van der Waals surface area contributed by atoms with Gasteiger partial charge in [0.2, 0.25) is 0 Å². The average Bonchev–Trinajstić information content (AvgIpc) is 2.90. The Morgan fingerprint density at radius 2 is 1.41 bits per heavy atom. The van der Waals surface area contributed by atoms with Gasteiger partial charge in [-0.3, -0.25) is 0 Å². The van der Waals surface area contributed by atoms with Gasteiger partial charge in [-0.25, -0.2) is 9.59 Å². The summed E-state index contributed by atoms with van der Waals surface area (Å²) in [4.78, 5) is 23.3. The predicted molar refractivity (Wildman–Crippen MR) is 107 cm³/mol. The van der Waals surface area contributed by atoms with Crippen molar-refractivity contribution < 1.29 is 28.1 Å². The molecular weight excluding hydrogens is 374 g/mol. The van der Waals surface area contributed by atoms with Gasteiger partial charge in [-0.15, -0.1) is 0 Å².